The fourth-order valence-electron chi connectivity index (χ4n) is 1.14. The molecule has 0 aliphatic carbocycles. The molecule has 0 bridgehead atoms. The van der Waals surface area contributed by atoms with Gasteiger partial charge in [0.25, 0.3) is 0 Å². The summed E-state index contributed by atoms with van der Waals surface area (Å²) in [5.74, 6) is 0.447. The maximum absolute atomic E-state index is 10.7. The predicted octanol–water partition coefficient (Wildman–Crippen LogP) is 2.41. The highest BCUT2D eigenvalue weighted by molar-refractivity contribution is 9.10. The van der Waals surface area contributed by atoms with E-state index in [4.69, 9.17) is 4.74 Å². The van der Waals surface area contributed by atoms with E-state index in [1.165, 1.54) is 7.11 Å². The molecule has 0 aromatic heterocycles. The van der Waals surface area contributed by atoms with Gasteiger partial charge in [0.15, 0.2) is 5.69 Å². The van der Waals surface area contributed by atoms with Gasteiger partial charge in [-0.15, -0.1) is 0 Å². The molecular weight excluding hydrogens is 252 g/mol. The third-order valence-corrected chi connectivity index (χ3v) is 2.38. The van der Waals surface area contributed by atoms with E-state index >= 15 is 0 Å². The first-order valence-corrected chi connectivity index (χ1v) is 4.59. The fraction of sp³-hybridized carbons (Fsp3) is 0.250. The molecule has 1 rings (SSSR count). The number of nitrogens with zero attached hydrogens (tertiary/aromatic N) is 1. The third kappa shape index (κ3) is 1.79. The van der Waals surface area contributed by atoms with Crippen molar-refractivity contribution in [1.82, 2.24) is 0 Å². The minimum atomic E-state index is -0.460. The van der Waals surface area contributed by atoms with Crippen molar-refractivity contribution >= 4 is 27.3 Å². The van der Waals surface area contributed by atoms with Crippen LogP contribution in [0.4, 0.5) is 11.4 Å². The number of nitro benzene ring substituents is 1. The third-order valence-electron chi connectivity index (χ3n) is 1.74. The molecular formula is C8H9BrN2O3. The summed E-state index contributed by atoms with van der Waals surface area (Å²) in [4.78, 5) is 10.3. The Hall–Kier alpha value is -1.30. The molecule has 0 aliphatic heterocycles. The van der Waals surface area contributed by atoms with Crippen molar-refractivity contribution in [3.8, 4) is 5.75 Å². The second-order valence-corrected chi connectivity index (χ2v) is 3.33. The molecule has 1 N–H and O–H groups in total. The monoisotopic (exact) mass is 260 g/mol. The standard InChI is InChI=1S/C8H9BrN2O3/c1-10-7-6(14-2)4-3-5(9)8(7)11(12)13/h3-4,10H,1-2H3. The van der Waals surface area contributed by atoms with Crippen LogP contribution in [-0.2, 0) is 0 Å². The molecule has 0 unspecified atom stereocenters. The van der Waals surface area contributed by atoms with Gasteiger partial charge in [0.1, 0.15) is 5.75 Å². The number of hydrogen-bond donors (Lipinski definition) is 1. The number of anilines is 1. The lowest BCUT2D eigenvalue weighted by Crippen LogP contribution is -2.00. The van der Waals surface area contributed by atoms with Crippen LogP contribution in [0.5, 0.6) is 5.75 Å². The summed E-state index contributed by atoms with van der Waals surface area (Å²) in [5, 5.41) is 13.5. The lowest BCUT2D eigenvalue weighted by molar-refractivity contribution is -0.384. The zero-order valence-corrected chi connectivity index (χ0v) is 9.29. The highest BCUT2D eigenvalue weighted by atomic mass is 79.9. The number of nitrogens with one attached hydrogen (secondary N) is 1. The SMILES string of the molecule is CNc1c(OC)ccc(Br)c1[N+](=O)[O-]. The van der Waals surface area contributed by atoms with Crippen molar-refractivity contribution < 1.29 is 9.66 Å². The zero-order chi connectivity index (χ0) is 10.7. The molecule has 0 amide bonds. The average molecular weight is 261 g/mol. The molecule has 0 radical (unpaired) electrons. The largest absolute Gasteiger partial charge is 0.494 e. The molecule has 0 atom stereocenters. The summed E-state index contributed by atoms with van der Waals surface area (Å²) in [5.41, 5.74) is 0.346. The van der Waals surface area contributed by atoms with E-state index in [-0.39, 0.29) is 5.69 Å². The maximum Gasteiger partial charge on any atom is 0.310 e. The lowest BCUT2D eigenvalue weighted by atomic mass is 10.2. The Labute approximate surface area is 89.3 Å². The van der Waals surface area contributed by atoms with Crippen LogP contribution >= 0.6 is 15.9 Å². The molecule has 0 spiro atoms. The maximum atomic E-state index is 10.7. The van der Waals surface area contributed by atoms with E-state index in [1.807, 2.05) is 0 Å². The van der Waals surface area contributed by atoms with Crippen LogP contribution in [0.15, 0.2) is 16.6 Å². The Kier molecular flexibility index (Phi) is 3.29. The molecule has 76 valence electrons. The van der Waals surface area contributed by atoms with Crippen molar-refractivity contribution in [3.63, 3.8) is 0 Å². The molecule has 1 aromatic rings. The van der Waals surface area contributed by atoms with E-state index in [2.05, 4.69) is 21.2 Å². The Morgan fingerprint density at radius 3 is 2.64 bits per heavy atom. The van der Waals surface area contributed by atoms with E-state index in [1.54, 1.807) is 19.2 Å². The topological polar surface area (TPSA) is 64.4 Å². The summed E-state index contributed by atoms with van der Waals surface area (Å²) < 4.78 is 5.42. The van der Waals surface area contributed by atoms with Crippen molar-refractivity contribution in [1.29, 1.82) is 0 Å². The molecule has 5 nitrogen and oxygen atoms in total. The van der Waals surface area contributed by atoms with Crippen LogP contribution in [0.25, 0.3) is 0 Å². The van der Waals surface area contributed by atoms with Crippen LogP contribution in [0.3, 0.4) is 0 Å². The average Bonchev–Trinajstić information content (AvgIpc) is 2.16. The van der Waals surface area contributed by atoms with Gasteiger partial charge >= 0.3 is 5.69 Å². The molecule has 0 fully saturated rings. The summed E-state index contributed by atoms with van der Waals surface area (Å²) in [7, 11) is 3.07. The summed E-state index contributed by atoms with van der Waals surface area (Å²) in [6, 6.07) is 3.24. The van der Waals surface area contributed by atoms with Crippen molar-refractivity contribution in [2.75, 3.05) is 19.5 Å². The first-order chi connectivity index (χ1) is 6.61. The van der Waals surface area contributed by atoms with Gasteiger partial charge in [0.05, 0.1) is 16.5 Å². The van der Waals surface area contributed by atoms with Crippen LogP contribution in [0.2, 0.25) is 0 Å². The van der Waals surface area contributed by atoms with Crippen LogP contribution in [0.1, 0.15) is 0 Å². The minimum Gasteiger partial charge on any atom is -0.494 e. The van der Waals surface area contributed by atoms with E-state index in [9.17, 15) is 10.1 Å². The van der Waals surface area contributed by atoms with E-state index in [0.29, 0.717) is 15.9 Å². The number of benzene rings is 1. The van der Waals surface area contributed by atoms with Crippen molar-refractivity contribution in [2.24, 2.45) is 0 Å². The minimum absolute atomic E-state index is 0.0214. The van der Waals surface area contributed by atoms with Gasteiger partial charge in [-0.25, -0.2) is 0 Å². The van der Waals surface area contributed by atoms with Crippen molar-refractivity contribution in [3.05, 3.63) is 26.7 Å². The summed E-state index contributed by atoms with van der Waals surface area (Å²) in [6.45, 7) is 0. The molecule has 0 saturated heterocycles. The van der Waals surface area contributed by atoms with Crippen molar-refractivity contribution in [2.45, 2.75) is 0 Å². The second-order valence-electron chi connectivity index (χ2n) is 2.48. The number of methoxy groups -OCH3 is 1. The van der Waals surface area contributed by atoms with Gasteiger partial charge in [0, 0.05) is 7.05 Å². The van der Waals surface area contributed by atoms with Gasteiger partial charge in [-0.05, 0) is 28.1 Å². The molecule has 0 aliphatic rings. The Balaban J connectivity index is 3.42. The highest BCUT2D eigenvalue weighted by Crippen LogP contribution is 2.39. The van der Waals surface area contributed by atoms with Gasteiger partial charge in [-0.2, -0.15) is 0 Å². The molecule has 0 saturated carbocycles. The number of ether oxygens (including phenoxy) is 1. The predicted molar refractivity (Wildman–Crippen MR) is 56.9 cm³/mol. The number of hydrogen-bond acceptors (Lipinski definition) is 4. The number of rotatable bonds is 3. The van der Waals surface area contributed by atoms with Gasteiger partial charge < -0.3 is 10.1 Å². The van der Waals surface area contributed by atoms with Gasteiger partial charge in [0.2, 0.25) is 0 Å². The molecule has 6 heteroatoms. The second kappa shape index (κ2) is 4.28. The molecule has 1 aromatic carbocycles. The van der Waals surface area contributed by atoms with Crippen LogP contribution in [0, 0.1) is 10.1 Å². The summed E-state index contributed by atoms with van der Waals surface area (Å²) >= 11 is 3.11. The smallest absolute Gasteiger partial charge is 0.310 e. The fourth-order valence-corrected chi connectivity index (χ4v) is 1.61. The first-order valence-electron chi connectivity index (χ1n) is 3.80. The Morgan fingerprint density at radius 1 is 1.57 bits per heavy atom. The Morgan fingerprint density at radius 2 is 2.21 bits per heavy atom. The van der Waals surface area contributed by atoms with Gasteiger partial charge in [-0.3, -0.25) is 10.1 Å². The van der Waals surface area contributed by atoms with E-state index < -0.39 is 4.92 Å². The van der Waals surface area contributed by atoms with E-state index in [0.717, 1.165) is 0 Å². The lowest BCUT2D eigenvalue weighted by Gasteiger charge is -2.08. The quantitative estimate of drug-likeness (QED) is 0.670. The summed E-state index contributed by atoms with van der Waals surface area (Å²) in [6.07, 6.45) is 0. The first kappa shape index (κ1) is 10.8. The van der Waals surface area contributed by atoms with Gasteiger partial charge in [-0.1, -0.05) is 0 Å². The van der Waals surface area contributed by atoms with Crippen LogP contribution < -0.4 is 10.1 Å². The highest BCUT2D eigenvalue weighted by Gasteiger charge is 2.21. The van der Waals surface area contributed by atoms with Crippen LogP contribution in [-0.4, -0.2) is 19.1 Å². The molecule has 0 heterocycles. The Bertz CT molecular complexity index is 368. The zero-order valence-electron chi connectivity index (χ0n) is 7.70. The number of halogens is 1. The number of nitro groups is 1. The molecule has 14 heavy (non-hydrogen) atoms. The normalized spacial score (nSPS) is 9.64.